The van der Waals surface area contributed by atoms with Crippen molar-refractivity contribution in [2.24, 2.45) is 5.92 Å². The van der Waals surface area contributed by atoms with Crippen LogP contribution in [0.4, 0.5) is 16.0 Å². The Morgan fingerprint density at radius 3 is 2.67 bits per heavy atom. The molecule has 3 heterocycles. The van der Waals surface area contributed by atoms with Crippen LogP contribution in [0.3, 0.4) is 0 Å². The number of carbonyl (C=O) groups excluding carboxylic acids is 1. The van der Waals surface area contributed by atoms with E-state index >= 15 is 0 Å². The number of amides is 1. The molecule has 1 saturated heterocycles. The Bertz CT molecular complexity index is 1160. The predicted molar refractivity (Wildman–Crippen MR) is 111 cm³/mol. The number of hydrogen-bond acceptors (Lipinski definition) is 5. The molecule has 0 aliphatic carbocycles. The maximum atomic E-state index is 13.6. The summed E-state index contributed by atoms with van der Waals surface area (Å²) in [6, 6.07) is 6.26. The van der Waals surface area contributed by atoms with E-state index in [2.05, 4.69) is 22.3 Å². The lowest BCUT2D eigenvalue weighted by Crippen LogP contribution is -2.41. The van der Waals surface area contributed by atoms with Gasteiger partial charge >= 0.3 is 5.69 Å². The zero-order valence-electron chi connectivity index (χ0n) is 17.4. The Morgan fingerprint density at radius 1 is 1.23 bits per heavy atom. The van der Waals surface area contributed by atoms with Crippen molar-refractivity contribution >= 4 is 23.2 Å². The zero-order chi connectivity index (χ0) is 21.4. The summed E-state index contributed by atoms with van der Waals surface area (Å²) in [6.07, 6.45) is 1.94. The molecule has 0 saturated carbocycles. The number of nitrogens with one attached hydrogen (secondary N) is 1. The summed E-state index contributed by atoms with van der Waals surface area (Å²) < 4.78 is 16.1. The number of likely N-dealkylation sites (tertiary alicyclic amines) is 1. The van der Waals surface area contributed by atoms with Crippen molar-refractivity contribution < 1.29 is 9.18 Å². The largest absolute Gasteiger partial charge is 0.353 e. The van der Waals surface area contributed by atoms with Crippen LogP contribution in [0.15, 0.2) is 29.1 Å². The highest BCUT2D eigenvalue weighted by Gasteiger charge is 2.22. The molecule has 0 bridgehead atoms. The van der Waals surface area contributed by atoms with Crippen LogP contribution >= 0.6 is 0 Å². The van der Waals surface area contributed by atoms with Gasteiger partial charge in [0.2, 0.25) is 11.9 Å². The molecule has 4 rings (SSSR count). The molecular weight excluding hydrogens is 387 g/mol. The molecule has 1 amide bonds. The molecule has 1 aromatic carbocycles. The van der Waals surface area contributed by atoms with Gasteiger partial charge in [-0.3, -0.25) is 4.79 Å². The number of hydrogen-bond donors (Lipinski definition) is 1. The van der Waals surface area contributed by atoms with Crippen LogP contribution in [0, 0.1) is 25.6 Å². The number of benzene rings is 1. The first-order valence-corrected chi connectivity index (χ1v) is 10.1. The van der Waals surface area contributed by atoms with E-state index in [0.29, 0.717) is 41.6 Å². The van der Waals surface area contributed by atoms with Gasteiger partial charge in [-0.25, -0.2) is 23.3 Å². The van der Waals surface area contributed by atoms with Crippen molar-refractivity contribution in [2.75, 3.05) is 18.4 Å². The number of rotatable bonds is 4. The third-order valence-corrected chi connectivity index (χ3v) is 5.53. The molecule has 30 heavy (non-hydrogen) atoms. The van der Waals surface area contributed by atoms with Crippen LogP contribution in [0.5, 0.6) is 0 Å². The van der Waals surface area contributed by atoms with Crippen LogP contribution in [-0.4, -0.2) is 43.1 Å². The van der Waals surface area contributed by atoms with Crippen LogP contribution in [0.1, 0.15) is 31.0 Å². The van der Waals surface area contributed by atoms with Gasteiger partial charge in [-0.05, 0) is 56.4 Å². The lowest BCUT2D eigenvalue weighted by molar-refractivity contribution is -0.133. The average Bonchev–Trinajstić information content (AvgIpc) is 3.00. The second kappa shape index (κ2) is 7.89. The number of aromatic nitrogens is 4. The fraction of sp³-hybridized carbons (Fsp3) is 0.429. The van der Waals surface area contributed by atoms with Crippen molar-refractivity contribution in [3.63, 3.8) is 0 Å². The van der Waals surface area contributed by atoms with E-state index in [4.69, 9.17) is 0 Å². The number of carbonyl (C=O) groups is 1. The highest BCUT2D eigenvalue weighted by atomic mass is 19.1. The summed E-state index contributed by atoms with van der Waals surface area (Å²) in [5, 5.41) is 7.40. The second-order valence-electron chi connectivity index (χ2n) is 8.01. The van der Waals surface area contributed by atoms with E-state index in [1.807, 2.05) is 0 Å². The van der Waals surface area contributed by atoms with Crippen molar-refractivity contribution in [1.29, 1.82) is 0 Å². The summed E-state index contributed by atoms with van der Waals surface area (Å²) in [7, 11) is 0. The molecule has 0 radical (unpaired) electrons. The SMILES string of the molecule is Cc1cc2nn(CC(=O)N3CCC(C)CC3)c(=O)n2c(Nc2ccc(F)c(C)c2)n1. The Labute approximate surface area is 173 Å². The predicted octanol–water partition coefficient (Wildman–Crippen LogP) is 2.65. The molecule has 0 unspecified atom stereocenters. The summed E-state index contributed by atoms with van der Waals surface area (Å²) in [5.74, 6) is 0.468. The lowest BCUT2D eigenvalue weighted by atomic mass is 9.99. The van der Waals surface area contributed by atoms with Crippen molar-refractivity contribution in [3.8, 4) is 0 Å². The standard InChI is InChI=1S/C21H25FN6O2/c1-13-6-8-26(9-7-13)19(29)12-27-21(30)28-18(25-27)11-15(3)23-20(28)24-16-4-5-17(22)14(2)10-16/h4-5,10-11,13H,6-9,12H2,1-3H3,(H,23,24). The van der Waals surface area contributed by atoms with Gasteiger partial charge in [-0.15, -0.1) is 5.10 Å². The fourth-order valence-electron chi connectivity index (χ4n) is 3.68. The maximum Gasteiger partial charge on any atom is 0.353 e. The summed E-state index contributed by atoms with van der Waals surface area (Å²) >= 11 is 0. The highest BCUT2D eigenvalue weighted by molar-refractivity contribution is 5.76. The molecule has 1 aliphatic heterocycles. The van der Waals surface area contributed by atoms with E-state index in [-0.39, 0.29) is 24.2 Å². The third kappa shape index (κ3) is 3.92. The summed E-state index contributed by atoms with van der Waals surface area (Å²) in [6.45, 7) is 6.95. The van der Waals surface area contributed by atoms with Gasteiger partial charge in [0.25, 0.3) is 0 Å². The molecule has 1 fully saturated rings. The average molecular weight is 412 g/mol. The second-order valence-corrected chi connectivity index (χ2v) is 8.01. The van der Waals surface area contributed by atoms with Crippen LogP contribution in [0.2, 0.25) is 0 Å². The molecule has 2 aromatic heterocycles. The van der Waals surface area contributed by atoms with Crippen molar-refractivity contribution in [2.45, 2.75) is 40.2 Å². The minimum atomic E-state index is -0.447. The molecule has 0 spiro atoms. The Hall–Kier alpha value is -3.23. The van der Waals surface area contributed by atoms with E-state index in [1.165, 1.54) is 15.1 Å². The first-order valence-electron chi connectivity index (χ1n) is 10.1. The van der Waals surface area contributed by atoms with E-state index in [1.54, 1.807) is 36.9 Å². The van der Waals surface area contributed by atoms with E-state index in [9.17, 15) is 14.0 Å². The number of fused-ring (bicyclic) bond motifs is 1. The molecule has 9 heteroatoms. The Balaban J connectivity index is 1.64. The lowest BCUT2D eigenvalue weighted by Gasteiger charge is -2.30. The molecule has 1 aliphatic rings. The fourth-order valence-corrected chi connectivity index (χ4v) is 3.68. The van der Waals surface area contributed by atoms with Gasteiger partial charge in [0, 0.05) is 30.5 Å². The molecule has 0 atom stereocenters. The normalized spacial score (nSPS) is 15.0. The topological polar surface area (TPSA) is 84.5 Å². The molecule has 3 aromatic rings. The van der Waals surface area contributed by atoms with Crippen LogP contribution in [0.25, 0.3) is 5.65 Å². The molecule has 158 valence electrons. The van der Waals surface area contributed by atoms with Gasteiger partial charge in [0.1, 0.15) is 12.4 Å². The van der Waals surface area contributed by atoms with Gasteiger partial charge in [0.05, 0.1) is 0 Å². The highest BCUT2D eigenvalue weighted by Crippen LogP contribution is 2.19. The van der Waals surface area contributed by atoms with Crippen molar-refractivity contribution in [3.05, 3.63) is 51.8 Å². The number of aryl methyl sites for hydroxylation is 2. The summed E-state index contributed by atoms with van der Waals surface area (Å²) in [5.41, 5.74) is 1.70. The Kier molecular flexibility index (Phi) is 5.27. The monoisotopic (exact) mass is 412 g/mol. The molecule has 8 nitrogen and oxygen atoms in total. The number of anilines is 2. The van der Waals surface area contributed by atoms with Crippen LogP contribution < -0.4 is 11.0 Å². The molecular formula is C21H25FN6O2. The van der Waals surface area contributed by atoms with Gasteiger partial charge in [0.15, 0.2) is 5.65 Å². The number of halogens is 1. The van der Waals surface area contributed by atoms with E-state index in [0.717, 1.165) is 12.8 Å². The number of piperidine rings is 1. The quantitative estimate of drug-likeness (QED) is 0.712. The minimum absolute atomic E-state index is 0.108. The minimum Gasteiger partial charge on any atom is -0.341 e. The Morgan fingerprint density at radius 2 is 1.97 bits per heavy atom. The van der Waals surface area contributed by atoms with Gasteiger partial charge < -0.3 is 10.2 Å². The van der Waals surface area contributed by atoms with Crippen molar-refractivity contribution in [1.82, 2.24) is 24.1 Å². The maximum absolute atomic E-state index is 13.6. The first-order chi connectivity index (χ1) is 14.3. The number of nitrogens with zero attached hydrogens (tertiary/aromatic N) is 5. The summed E-state index contributed by atoms with van der Waals surface area (Å²) in [4.78, 5) is 31.9. The third-order valence-electron chi connectivity index (χ3n) is 5.53. The zero-order valence-corrected chi connectivity index (χ0v) is 17.4. The first kappa shape index (κ1) is 20.1. The van der Waals surface area contributed by atoms with Crippen LogP contribution in [-0.2, 0) is 11.3 Å². The molecule has 1 N–H and O–H groups in total. The smallest absolute Gasteiger partial charge is 0.341 e. The van der Waals surface area contributed by atoms with Gasteiger partial charge in [-0.1, -0.05) is 6.92 Å². The van der Waals surface area contributed by atoms with Gasteiger partial charge in [-0.2, -0.15) is 0 Å². The van der Waals surface area contributed by atoms with E-state index < -0.39 is 5.69 Å².